The number of carbonyl (C=O) groups is 1. The van der Waals surface area contributed by atoms with E-state index in [0.29, 0.717) is 6.42 Å². The highest BCUT2D eigenvalue weighted by Crippen LogP contribution is 2.22. The average molecular weight is 298 g/mol. The third-order valence-corrected chi connectivity index (χ3v) is 3.57. The lowest BCUT2D eigenvalue weighted by molar-refractivity contribution is -0.117. The average Bonchev–Trinajstić information content (AvgIpc) is 2.54. The van der Waals surface area contributed by atoms with E-state index in [9.17, 15) is 9.90 Å². The van der Waals surface area contributed by atoms with Gasteiger partial charge in [-0.15, -0.1) is 0 Å². The topological polar surface area (TPSA) is 52.6 Å². The van der Waals surface area contributed by atoms with Gasteiger partial charge >= 0.3 is 0 Å². The predicted molar refractivity (Wildman–Crippen MR) is 88.6 cm³/mol. The standard InChI is InChI=1S/C18H22N2O2/c1-20(14-18(22)19-16-10-6-3-7-11-16)17(12-13-21)15-8-4-2-5-9-15/h2-11,17,21H,12-14H2,1H3,(H,19,22)/t17-/m0/s1. The van der Waals surface area contributed by atoms with Crippen LogP contribution in [0.1, 0.15) is 18.0 Å². The van der Waals surface area contributed by atoms with Crippen molar-refractivity contribution in [2.45, 2.75) is 12.5 Å². The van der Waals surface area contributed by atoms with Crippen LogP contribution in [0.5, 0.6) is 0 Å². The molecule has 0 aliphatic heterocycles. The number of anilines is 1. The maximum absolute atomic E-state index is 12.1. The molecule has 116 valence electrons. The largest absolute Gasteiger partial charge is 0.396 e. The summed E-state index contributed by atoms with van der Waals surface area (Å²) in [6, 6.07) is 19.4. The summed E-state index contributed by atoms with van der Waals surface area (Å²) < 4.78 is 0. The molecule has 0 fully saturated rings. The Morgan fingerprint density at radius 1 is 1.09 bits per heavy atom. The van der Waals surface area contributed by atoms with Gasteiger partial charge in [-0.3, -0.25) is 9.69 Å². The van der Waals surface area contributed by atoms with E-state index in [0.717, 1.165) is 11.3 Å². The van der Waals surface area contributed by atoms with E-state index in [4.69, 9.17) is 0 Å². The van der Waals surface area contributed by atoms with E-state index in [-0.39, 0.29) is 25.1 Å². The zero-order valence-electron chi connectivity index (χ0n) is 12.8. The van der Waals surface area contributed by atoms with Gasteiger partial charge in [0.05, 0.1) is 6.54 Å². The van der Waals surface area contributed by atoms with Crippen molar-refractivity contribution in [3.63, 3.8) is 0 Å². The first kappa shape index (κ1) is 16.2. The van der Waals surface area contributed by atoms with Crippen LogP contribution in [0.3, 0.4) is 0 Å². The molecule has 0 saturated heterocycles. The highest BCUT2D eigenvalue weighted by atomic mass is 16.3. The molecule has 22 heavy (non-hydrogen) atoms. The van der Waals surface area contributed by atoms with E-state index in [1.54, 1.807) is 0 Å². The van der Waals surface area contributed by atoms with Crippen molar-refractivity contribution in [1.82, 2.24) is 4.90 Å². The van der Waals surface area contributed by atoms with Crippen molar-refractivity contribution in [1.29, 1.82) is 0 Å². The van der Waals surface area contributed by atoms with Gasteiger partial charge in [0.2, 0.25) is 5.91 Å². The van der Waals surface area contributed by atoms with Gasteiger partial charge in [-0.05, 0) is 31.2 Å². The van der Waals surface area contributed by atoms with Gasteiger partial charge in [-0.25, -0.2) is 0 Å². The second-order valence-corrected chi connectivity index (χ2v) is 5.27. The molecule has 1 amide bonds. The second kappa shape index (κ2) is 8.32. The van der Waals surface area contributed by atoms with Crippen LogP contribution >= 0.6 is 0 Å². The van der Waals surface area contributed by atoms with Crippen molar-refractivity contribution >= 4 is 11.6 Å². The van der Waals surface area contributed by atoms with Gasteiger partial charge in [0.25, 0.3) is 0 Å². The Balaban J connectivity index is 1.99. The number of nitrogens with zero attached hydrogens (tertiary/aromatic N) is 1. The Hall–Kier alpha value is -2.17. The number of hydrogen-bond donors (Lipinski definition) is 2. The van der Waals surface area contributed by atoms with Gasteiger partial charge < -0.3 is 10.4 Å². The monoisotopic (exact) mass is 298 g/mol. The molecule has 0 saturated carbocycles. The van der Waals surface area contributed by atoms with Crippen molar-refractivity contribution in [3.05, 3.63) is 66.2 Å². The van der Waals surface area contributed by atoms with E-state index in [1.165, 1.54) is 0 Å². The van der Waals surface area contributed by atoms with Gasteiger partial charge in [0.1, 0.15) is 0 Å². The first-order valence-electron chi connectivity index (χ1n) is 7.41. The van der Waals surface area contributed by atoms with Gasteiger partial charge in [0.15, 0.2) is 0 Å². The molecule has 1 atom stereocenters. The van der Waals surface area contributed by atoms with Crippen molar-refractivity contribution in [2.24, 2.45) is 0 Å². The lowest BCUT2D eigenvalue weighted by Gasteiger charge is -2.27. The van der Waals surface area contributed by atoms with Crippen molar-refractivity contribution in [2.75, 3.05) is 25.5 Å². The molecule has 2 N–H and O–H groups in total. The molecule has 2 rings (SSSR count). The van der Waals surface area contributed by atoms with Crippen LogP contribution in [-0.2, 0) is 4.79 Å². The molecule has 2 aromatic carbocycles. The number of aliphatic hydroxyl groups excluding tert-OH is 1. The first-order valence-corrected chi connectivity index (χ1v) is 7.41. The molecule has 0 bridgehead atoms. The van der Waals surface area contributed by atoms with Gasteiger partial charge in [-0.2, -0.15) is 0 Å². The lowest BCUT2D eigenvalue weighted by Crippen LogP contribution is -2.33. The lowest BCUT2D eigenvalue weighted by atomic mass is 10.0. The Morgan fingerprint density at radius 3 is 2.27 bits per heavy atom. The van der Waals surface area contributed by atoms with Crippen LogP contribution in [-0.4, -0.2) is 36.1 Å². The number of para-hydroxylation sites is 1. The highest BCUT2D eigenvalue weighted by molar-refractivity contribution is 5.92. The number of nitrogens with one attached hydrogen (secondary N) is 1. The summed E-state index contributed by atoms with van der Waals surface area (Å²) in [5.41, 5.74) is 1.89. The van der Waals surface area contributed by atoms with E-state index in [1.807, 2.05) is 72.6 Å². The zero-order chi connectivity index (χ0) is 15.8. The number of aliphatic hydroxyl groups is 1. The Bertz CT molecular complexity index is 572. The van der Waals surface area contributed by atoms with Crippen molar-refractivity contribution in [3.8, 4) is 0 Å². The minimum absolute atomic E-state index is 0.0210. The first-order chi connectivity index (χ1) is 10.7. The van der Waals surface area contributed by atoms with E-state index < -0.39 is 0 Å². The molecule has 0 radical (unpaired) electrons. The fraction of sp³-hybridized carbons (Fsp3) is 0.278. The van der Waals surface area contributed by atoms with Gasteiger partial charge in [0, 0.05) is 18.3 Å². The minimum atomic E-state index is -0.0624. The van der Waals surface area contributed by atoms with E-state index in [2.05, 4.69) is 5.32 Å². The molecule has 0 unspecified atom stereocenters. The molecule has 0 heterocycles. The fourth-order valence-corrected chi connectivity index (χ4v) is 2.50. The maximum Gasteiger partial charge on any atom is 0.238 e. The summed E-state index contributed by atoms with van der Waals surface area (Å²) in [7, 11) is 1.90. The fourth-order valence-electron chi connectivity index (χ4n) is 2.50. The SMILES string of the molecule is CN(CC(=O)Nc1ccccc1)[C@@H](CCO)c1ccccc1. The van der Waals surface area contributed by atoms with Gasteiger partial charge in [-0.1, -0.05) is 48.5 Å². The third-order valence-electron chi connectivity index (χ3n) is 3.57. The third kappa shape index (κ3) is 4.69. The number of hydrogen-bond acceptors (Lipinski definition) is 3. The summed E-state index contributed by atoms with van der Waals surface area (Å²) in [5, 5.41) is 12.2. The van der Waals surface area contributed by atoms with Crippen LogP contribution in [0.2, 0.25) is 0 Å². The molecule has 4 heteroatoms. The summed E-state index contributed by atoms with van der Waals surface area (Å²) in [5.74, 6) is -0.0624. The normalized spacial score (nSPS) is 12.1. The number of amides is 1. The smallest absolute Gasteiger partial charge is 0.238 e. The zero-order valence-corrected chi connectivity index (χ0v) is 12.8. The Morgan fingerprint density at radius 2 is 1.68 bits per heavy atom. The minimum Gasteiger partial charge on any atom is -0.396 e. The number of benzene rings is 2. The summed E-state index contributed by atoms with van der Waals surface area (Å²) in [6.45, 7) is 0.360. The molecular formula is C18H22N2O2. The summed E-state index contributed by atoms with van der Waals surface area (Å²) >= 11 is 0. The second-order valence-electron chi connectivity index (χ2n) is 5.27. The van der Waals surface area contributed by atoms with E-state index >= 15 is 0 Å². The van der Waals surface area contributed by atoms with Crippen LogP contribution in [0.25, 0.3) is 0 Å². The van der Waals surface area contributed by atoms with Crippen molar-refractivity contribution < 1.29 is 9.90 Å². The number of likely N-dealkylation sites (N-methyl/N-ethyl adjacent to an activating group) is 1. The Kier molecular flexibility index (Phi) is 6.13. The molecule has 0 spiro atoms. The highest BCUT2D eigenvalue weighted by Gasteiger charge is 2.18. The van der Waals surface area contributed by atoms with Crippen LogP contribution < -0.4 is 5.32 Å². The summed E-state index contributed by atoms with van der Waals surface area (Å²) in [6.07, 6.45) is 0.596. The summed E-state index contributed by atoms with van der Waals surface area (Å²) in [4.78, 5) is 14.1. The van der Waals surface area contributed by atoms with Crippen LogP contribution in [0.15, 0.2) is 60.7 Å². The molecule has 0 aromatic heterocycles. The number of rotatable bonds is 7. The predicted octanol–water partition coefficient (Wildman–Crippen LogP) is 2.68. The molecule has 4 nitrogen and oxygen atoms in total. The molecule has 0 aliphatic carbocycles. The molecule has 2 aromatic rings. The maximum atomic E-state index is 12.1. The molecule has 0 aliphatic rings. The molecular weight excluding hydrogens is 276 g/mol. The Labute approximate surface area is 131 Å². The number of carbonyl (C=O) groups excluding carboxylic acids is 1. The van der Waals surface area contributed by atoms with Crippen LogP contribution in [0, 0.1) is 0 Å². The van der Waals surface area contributed by atoms with Crippen LogP contribution in [0.4, 0.5) is 5.69 Å². The quantitative estimate of drug-likeness (QED) is 0.826.